The van der Waals surface area contributed by atoms with Gasteiger partial charge in [0.2, 0.25) is 0 Å². The molecule has 0 aliphatic heterocycles. The maximum atomic E-state index is 9.58. The molecule has 1 rings (SSSR count). The number of aryl methyl sites for hydroxylation is 1. The first-order chi connectivity index (χ1) is 9.26. The molecule has 0 aliphatic carbocycles. The van der Waals surface area contributed by atoms with Crippen LogP contribution < -0.4 is 0 Å². The monoisotopic (exact) mass is 266 g/mol. The number of phenolic OH excluding ortho intramolecular Hbond substituents is 1. The molecule has 0 atom stereocenters. The number of aromatic hydroxyl groups is 1. The van der Waals surface area contributed by atoms with Crippen LogP contribution in [0.15, 0.2) is 24.3 Å². The van der Waals surface area contributed by atoms with Crippen molar-refractivity contribution in [1.82, 2.24) is 0 Å². The van der Waals surface area contributed by atoms with E-state index in [4.69, 9.17) is 9.90 Å². The van der Waals surface area contributed by atoms with E-state index in [0.717, 1.165) is 12.0 Å². The van der Waals surface area contributed by atoms with Crippen LogP contribution in [-0.4, -0.2) is 16.7 Å². The van der Waals surface area contributed by atoms with E-state index in [2.05, 4.69) is 6.92 Å². The van der Waals surface area contributed by atoms with Gasteiger partial charge in [0.05, 0.1) is 0 Å². The van der Waals surface area contributed by atoms with Gasteiger partial charge in [-0.1, -0.05) is 63.6 Å². The summed E-state index contributed by atoms with van der Waals surface area (Å²) >= 11 is 0. The number of hydrogen-bond acceptors (Lipinski definition) is 2. The molecule has 0 saturated carbocycles. The van der Waals surface area contributed by atoms with Crippen LogP contribution in [-0.2, 0) is 11.2 Å². The fourth-order valence-corrected chi connectivity index (χ4v) is 1.99. The lowest BCUT2D eigenvalue weighted by Gasteiger charge is -2.04. The van der Waals surface area contributed by atoms with Crippen LogP contribution >= 0.6 is 0 Å². The van der Waals surface area contributed by atoms with Crippen molar-refractivity contribution in [2.45, 2.75) is 58.3 Å². The Kier molecular flexibility index (Phi) is 11.9. The molecular weight excluding hydrogens is 240 g/mol. The molecule has 108 valence electrons. The van der Waals surface area contributed by atoms with Gasteiger partial charge in [0.15, 0.2) is 0 Å². The summed E-state index contributed by atoms with van der Waals surface area (Å²) in [6.07, 6.45) is 10.3. The molecule has 0 spiro atoms. The van der Waals surface area contributed by atoms with Crippen molar-refractivity contribution < 1.29 is 15.0 Å². The predicted octanol–water partition coefficient (Wildman–Crippen LogP) is 4.39. The van der Waals surface area contributed by atoms with Crippen molar-refractivity contribution >= 4 is 6.47 Å². The van der Waals surface area contributed by atoms with Gasteiger partial charge < -0.3 is 10.2 Å². The van der Waals surface area contributed by atoms with Crippen LogP contribution in [0.4, 0.5) is 0 Å². The number of phenols is 1. The van der Waals surface area contributed by atoms with Gasteiger partial charge >= 0.3 is 0 Å². The molecule has 0 radical (unpaired) electrons. The molecular formula is C16H26O3. The Morgan fingerprint density at radius 1 is 1.00 bits per heavy atom. The molecule has 3 heteroatoms. The molecule has 2 N–H and O–H groups in total. The summed E-state index contributed by atoms with van der Waals surface area (Å²) in [6.45, 7) is 2.00. The van der Waals surface area contributed by atoms with Crippen LogP contribution in [0.2, 0.25) is 0 Å². The number of unbranched alkanes of at least 4 members (excludes halogenated alkanes) is 6. The number of hydrogen-bond donors (Lipinski definition) is 2. The highest BCUT2D eigenvalue weighted by Crippen LogP contribution is 2.18. The molecule has 0 bridgehead atoms. The number of benzene rings is 1. The average Bonchev–Trinajstić information content (AvgIpc) is 2.41. The van der Waals surface area contributed by atoms with E-state index in [0.29, 0.717) is 5.75 Å². The largest absolute Gasteiger partial charge is 0.508 e. The Labute approximate surface area is 116 Å². The molecule has 19 heavy (non-hydrogen) atoms. The van der Waals surface area contributed by atoms with Crippen molar-refractivity contribution in [1.29, 1.82) is 0 Å². The van der Waals surface area contributed by atoms with Crippen molar-refractivity contribution in [2.75, 3.05) is 0 Å². The third-order valence-corrected chi connectivity index (χ3v) is 3.04. The summed E-state index contributed by atoms with van der Waals surface area (Å²) in [5, 5.41) is 16.5. The van der Waals surface area contributed by atoms with E-state index in [1.54, 1.807) is 6.07 Å². The minimum Gasteiger partial charge on any atom is -0.508 e. The van der Waals surface area contributed by atoms with Gasteiger partial charge in [-0.25, -0.2) is 0 Å². The Morgan fingerprint density at radius 2 is 1.53 bits per heavy atom. The maximum absolute atomic E-state index is 9.58. The number of carboxylic acid groups (broad SMARTS) is 1. The second-order valence-electron chi connectivity index (χ2n) is 4.61. The zero-order valence-corrected chi connectivity index (χ0v) is 11.8. The van der Waals surface area contributed by atoms with Crippen molar-refractivity contribution in [3.8, 4) is 5.75 Å². The lowest BCUT2D eigenvalue weighted by molar-refractivity contribution is -0.122. The van der Waals surface area contributed by atoms with Crippen LogP contribution in [0.1, 0.15) is 57.4 Å². The molecule has 0 aliphatic rings. The Hall–Kier alpha value is -1.51. The highest BCUT2D eigenvalue weighted by molar-refractivity contribution is 5.32. The molecule has 0 unspecified atom stereocenters. The summed E-state index contributed by atoms with van der Waals surface area (Å²) in [4.78, 5) is 8.36. The Morgan fingerprint density at radius 3 is 2.11 bits per heavy atom. The summed E-state index contributed by atoms with van der Waals surface area (Å²) in [7, 11) is 0. The highest BCUT2D eigenvalue weighted by atomic mass is 16.3. The van der Waals surface area contributed by atoms with E-state index in [9.17, 15) is 5.11 Å². The van der Waals surface area contributed by atoms with E-state index < -0.39 is 0 Å². The fraction of sp³-hybridized carbons (Fsp3) is 0.562. The number of rotatable bonds is 8. The minimum absolute atomic E-state index is 0.250. The quantitative estimate of drug-likeness (QED) is 0.542. The SMILES string of the molecule is CCCCCCCCCc1ccccc1O.O=CO. The first-order valence-corrected chi connectivity index (χ1v) is 7.11. The smallest absolute Gasteiger partial charge is 0.290 e. The molecule has 0 heterocycles. The fourth-order valence-electron chi connectivity index (χ4n) is 1.99. The molecule has 0 aromatic heterocycles. The minimum atomic E-state index is -0.250. The van der Waals surface area contributed by atoms with Crippen LogP contribution in [0.25, 0.3) is 0 Å². The van der Waals surface area contributed by atoms with Gasteiger partial charge in [-0.2, -0.15) is 0 Å². The summed E-state index contributed by atoms with van der Waals surface area (Å²) in [5.41, 5.74) is 1.09. The molecule has 0 saturated heterocycles. The predicted molar refractivity (Wildman–Crippen MR) is 78.5 cm³/mol. The van der Waals surface area contributed by atoms with Crippen molar-refractivity contribution in [2.24, 2.45) is 0 Å². The van der Waals surface area contributed by atoms with Gasteiger partial charge in [0.25, 0.3) is 6.47 Å². The first-order valence-electron chi connectivity index (χ1n) is 7.11. The molecule has 1 aromatic rings. The second kappa shape index (κ2) is 12.9. The maximum Gasteiger partial charge on any atom is 0.290 e. The van der Waals surface area contributed by atoms with Gasteiger partial charge in [0.1, 0.15) is 5.75 Å². The highest BCUT2D eigenvalue weighted by Gasteiger charge is 1.98. The summed E-state index contributed by atoms with van der Waals surface area (Å²) in [6, 6.07) is 7.67. The molecule has 0 amide bonds. The van der Waals surface area contributed by atoms with E-state index in [1.807, 2.05) is 18.2 Å². The molecule has 0 fully saturated rings. The van der Waals surface area contributed by atoms with Gasteiger partial charge in [-0.15, -0.1) is 0 Å². The second-order valence-corrected chi connectivity index (χ2v) is 4.61. The van der Waals surface area contributed by atoms with Gasteiger partial charge in [-0.3, -0.25) is 4.79 Å². The van der Waals surface area contributed by atoms with E-state index in [1.165, 1.54) is 44.9 Å². The molecule has 1 aromatic carbocycles. The van der Waals surface area contributed by atoms with Crippen LogP contribution in [0, 0.1) is 0 Å². The topological polar surface area (TPSA) is 57.5 Å². The van der Waals surface area contributed by atoms with Crippen LogP contribution in [0.5, 0.6) is 5.75 Å². The normalized spacial score (nSPS) is 9.53. The summed E-state index contributed by atoms with van der Waals surface area (Å²) < 4.78 is 0. The average molecular weight is 266 g/mol. The zero-order valence-electron chi connectivity index (χ0n) is 11.8. The number of para-hydroxylation sites is 1. The number of carbonyl (C=O) groups is 1. The van der Waals surface area contributed by atoms with E-state index >= 15 is 0 Å². The van der Waals surface area contributed by atoms with Crippen LogP contribution in [0.3, 0.4) is 0 Å². The first kappa shape index (κ1) is 17.5. The standard InChI is InChI=1S/C15H24O.CH2O2/c1-2-3-4-5-6-7-8-11-14-12-9-10-13-15(14)16;2-1-3/h9-10,12-13,16H,2-8,11H2,1H3;1H,(H,2,3). The van der Waals surface area contributed by atoms with Crippen molar-refractivity contribution in [3.05, 3.63) is 29.8 Å². The van der Waals surface area contributed by atoms with Gasteiger partial charge in [-0.05, 0) is 24.5 Å². The zero-order chi connectivity index (χ0) is 14.3. The third-order valence-electron chi connectivity index (χ3n) is 3.04. The van der Waals surface area contributed by atoms with E-state index in [-0.39, 0.29) is 6.47 Å². The molecule has 3 nitrogen and oxygen atoms in total. The van der Waals surface area contributed by atoms with Gasteiger partial charge in [0, 0.05) is 0 Å². The third kappa shape index (κ3) is 10.1. The lowest BCUT2D eigenvalue weighted by Crippen LogP contribution is -1.87. The summed E-state index contributed by atoms with van der Waals surface area (Å²) in [5.74, 6) is 0.452. The lowest BCUT2D eigenvalue weighted by atomic mass is 10.0. The van der Waals surface area contributed by atoms with Crippen molar-refractivity contribution in [3.63, 3.8) is 0 Å². The Balaban J connectivity index is 0.000000982. The Bertz CT molecular complexity index is 324.